The number of rotatable bonds is 6. The molecule has 1 saturated heterocycles. The van der Waals surface area contributed by atoms with E-state index in [1.165, 1.54) is 36.2 Å². The first kappa shape index (κ1) is 20.5. The lowest BCUT2D eigenvalue weighted by Gasteiger charge is -2.40. The summed E-state index contributed by atoms with van der Waals surface area (Å²) in [6.07, 6.45) is 6.11. The van der Waals surface area contributed by atoms with Gasteiger partial charge in [-0.15, -0.1) is 0 Å². The van der Waals surface area contributed by atoms with Crippen LogP contribution in [0, 0.1) is 0 Å². The molecule has 0 bridgehead atoms. The number of hydrogen-bond acceptors (Lipinski definition) is 3. The molecule has 1 saturated carbocycles. The van der Waals surface area contributed by atoms with Gasteiger partial charge in [-0.05, 0) is 86.0 Å². The Morgan fingerprint density at radius 3 is 2.47 bits per heavy atom. The summed E-state index contributed by atoms with van der Waals surface area (Å²) >= 11 is 6.25. The summed E-state index contributed by atoms with van der Waals surface area (Å²) < 4.78 is 23.8. The number of nitrogens with zero attached hydrogens (tertiary/aromatic N) is 1. The van der Waals surface area contributed by atoms with Gasteiger partial charge < -0.3 is 0 Å². The molecule has 0 radical (unpaired) electrons. The number of nitrogens with two attached hydrogens (primary N) is 1. The lowest BCUT2D eigenvalue weighted by atomic mass is 9.79. The van der Waals surface area contributed by atoms with Gasteiger partial charge in [0.05, 0.1) is 4.75 Å². The van der Waals surface area contributed by atoms with Crippen LogP contribution in [-0.4, -0.2) is 37.2 Å². The molecule has 3 aliphatic rings. The second-order valence-corrected chi connectivity index (χ2v) is 11.8. The Morgan fingerprint density at radius 1 is 1.07 bits per heavy atom. The van der Waals surface area contributed by atoms with Crippen LogP contribution in [0.25, 0.3) is 0 Å². The summed E-state index contributed by atoms with van der Waals surface area (Å²) in [6, 6.07) is 15.3. The van der Waals surface area contributed by atoms with Gasteiger partial charge in [-0.25, -0.2) is 13.6 Å². The Hall–Kier alpha value is -1.40. The number of benzene rings is 2. The van der Waals surface area contributed by atoms with Crippen LogP contribution in [0.4, 0.5) is 0 Å². The van der Waals surface area contributed by atoms with Gasteiger partial charge in [0, 0.05) is 17.0 Å². The number of likely N-dealkylation sites (tertiary alicyclic amines) is 1. The highest BCUT2D eigenvalue weighted by atomic mass is 35.5. The van der Waals surface area contributed by atoms with Crippen LogP contribution in [0.5, 0.6) is 0 Å². The summed E-state index contributed by atoms with van der Waals surface area (Å²) in [5.41, 5.74) is 5.15. The van der Waals surface area contributed by atoms with Crippen molar-refractivity contribution in [3.63, 3.8) is 0 Å². The van der Waals surface area contributed by atoms with E-state index in [2.05, 4.69) is 35.2 Å². The zero-order chi connectivity index (χ0) is 20.9. The van der Waals surface area contributed by atoms with E-state index in [0.29, 0.717) is 31.2 Å². The van der Waals surface area contributed by atoms with Crippen LogP contribution in [0.2, 0.25) is 5.02 Å². The molecule has 5 rings (SSSR count). The van der Waals surface area contributed by atoms with Crippen molar-refractivity contribution in [2.45, 2.75) is 61.7 Å². The van der Waals surface area contributed by atoms with E-state index >= 15 is 0 Å². The molecule has 0 aromatic heterocycles. The van der Waals surface area contributed by atoms with Crippen LogP contribution < -0.4 is 5.14 Å². The number of hydrogen-bond donors (Lipinski definition) is 1. The fraction of sp³-hybridized carbons (Fsp3) is 0.500. The third-order valence-corrected chi connectivity index (χ3v) is 9.60. The molecule has 2 atom stereocenters. The molecule has 2 unspecified atom stereocenters. The topological polar surface area (TPSA) is 63.4 Å². The van der Waals surface area contributed by atoms with Gasteiger partial charge in [0.25, 0.3) is 0 Å². The van der Waals surface area contributed by atoms with Crippen molar-refractivity contribution in [1.82, 2.24) is 4.90 Å². The maximum atomic E-state index is 12.3. The standard InChI is InChI=1S/C24H29ClN2O2S/c25-20-5-1-4-17(12-20)13-22-21-14-18(16-24(8-2-9-24)30(26,28)29)6-7-19(21)15-23(22)27-10-3-11-27/h1,4-7,12,14,22-23H,2-3,8-11,13,15-16H2,(H2,26,28,29). The highest BCUT2D eigenvalue weighted by molar-refractivity contribution is 7.90. The largest absolute Gasteiger partial charge is 0.299 e. The SMILES string of the molecule is NS(=O)(=O)C1(Cc2ccc3c(c2)C(Cc2cccc(Cl)c2)C(N2CCC2)C3)CCC1. The van der Waals surface area contributed by atoms with Crippen molar-refractivity contribution >= 4 is 21.6 Å². The van der Waals surface area contributed by atoms with Crippen molar-refractivity contribution in [1.29, 1.82) is 0 Å². The first-order valence-electron chi connectivity index (χ1n) is 11.0. The monoisotopic (exact) mass is 444 g/mol. The summed E-state index contributed by atoms with van der Waals surface area (Å²) in [7, 11) is -3.55. The van der Waals surface area contributed by atoms with Crippen LogP contribution in [0.1, 0.15) is 53.9 Å². The van der Waals surface area contributed by atoms with E-state index in [-0.39, 0.29) is 0 Å². The molecule has 2 aromatic rings. The molecule has 6 heteroatoms. The highest BCUT2D eigenvalue weighted by Gasteiger charge is 2.47. The molecule has 0 spiro atoms. The van der Waals surface area contributed by atoms with Gasteiger partial charge in [-0.3, -0.25) is 4.90 Å². The average Bonchev–Trinajstić information content (AvgIpc) is 2.93. The zero-order valence-corrected chi connectivity index (χ0v) is 18.8. The predicted octanol–water partition coefficient (Wildman–Crippen LogP) is 4.05. The number of fused-ring (bicyclic) bond motifs is 1. The minimum atomic E-state index is -3.55. The van der Waals surface area contributed by atoms with E-state index in [9.17, 15) is 8.42 Å². The molecule has 2 N–H and O–H groups in total. The Labute approximate surface area is 184 Å². The number of primary sulfonamides is 1. The first-order valence-corrected chi connectivity index (χ1v) is 12.9. The van der Waals surface area contributed by atoms with Gasteiger partial charge in [-0.1, -0.05) is 48.4 Å². The van der Waals surface area contributed by atoms with Crippen molar-refractivity contribution in [3.8, 4) is 0 Å². The molecule has 2 aliphatic carbocycles. The summed E-state index contributed by atoms with van der Waals surface area (Å²) in [4.78, 5) is 2.60. The van der Waals surface area contributed by atoms with Crippen LogP contribution in [-0.2, 0) is 29.3 Å². The van der Waals surface area contributed by atoms with Crippen molar-refractivity contribution < 1.29 is 8.42 Å². The Morgan fingerprint density at radius 2 is 1.87 bits per heavy atom. The van der Waals surface area contributed by atoms with E-state index in [1.54, 1.807) is 0 Å². The second kappa shape index (κ2) is 7.63. The fourth-order valence-corrected chi connectivity index (χ4v) is 7.02. The van der Waals surface area contributed by atoms with Crippen LogP contribution in [0.15, 0.2) is 42.5 Å². The molecular formula is C24H29ClN2O2S. The maximum absolute atomic E-state index is 12.3. The molecule has 160 valence electrons. The molecule has 4 nitrogen and oxygen atoms in total. The van der Waals surface area contributed by atoms with Crippen LogP contribution >= 0.6 is 11.6 Å². The normalized spacial score (nSPS) is 25.4. The molecule has 2 aromatic carbocycles. The maximum Gasteiger partial charge on any atom is 0.215 e. The van der Waals surface area contributed by atoms with Gasteiger partial charge in [0.2, 0.25) is 10.0 Å². The molecule has 1 heterocycles. The second-order valence-electron chi connectivity index (χ2n) is 9.39. The van der Waals surface area contributed by atoms with Gasteiger partial charge in [0.1, 0.15) is 0 Å². The van der Waals surface area contributed by atoms with E-state index in [0.717, 1.165) is 29.8 Å². The van der Waals surface area contributed by atoms with Gasteiger partial charge in [0.15, 0.2) is 0 Å². The van der Waals surface area contributed by atoms with Crippen molar-refractivity contribution in [2.24, 2.45) is 5.14 Å². The van der Waals surface area contributed by atoms with Crippen molar-refractivity contribution in [2.75, 3.05) is 13.1 Å². The van der Waals surface area contributed by atoms with Crippen LogP contribution in [0.3, 0.4) is 0 Å². The van der Waals surface area contributed by atoms with E-state index < -0.39 is 14.8 Å². The average molecular weight is 445 g/mol. The zero-order valence-electron chi connectivity index (χ0n) is 17.2. The highest BCUT2D eigenvalue weighted by Crippen LogP contribution is 2.44. The number of sulfonamides is 1. The minimum Gasteiger partial charge on any atom is -0.299 e. The summed E-state index contributed by atoms with van der Waals surface area (Å²) in [5.74, 6) is 0.408. The third kappa shape index (κ3) is 3.60. The van der Waals surface area contributed by atoms with Gasteiger partial charge in [-0.2, -0.15) is 0 Å². The summed E-state index contributed by atoms with van der Waals surface area (Å²) in [6.45, 7) is 2.35. The first-order chi connectivity index (χ1) is 14.3. The molecule has 0 amide bonds. The Bertz CT molecular complexity index is 1060. The third-order valence-electron chi connectivity index (χ3n) is 7.60. The fourth-order valence-electron chi connectivity index (χ4n) is 5.59. The molecule has 1 aliphatic heterocycles. The quantitative estimate of drug-likeness (QED) is 0.730. The van der Waals surface area contributed by atoms with Crippen molar-refractivity contribution in [3.05, 3.63) is 69.7 Å². The predicted molar refractivity (Wildman–Crippen MR) is 121 cm³/mol. The molecule has 2 fully saturated rings. The van der Waals surface area contributed by atoms with E-state index in [4.69, 9.17) is 16.7 Å². The lowest BCUT2D eigenvalue weighted by molar-refractivity contribution is 0.106. The number of halogens is 1. The smallest absolute Gasteiger partial charge is 0.215 e. The molecular weight excluding hydrogens is 416 g/mol. The molecule has 30 heavy (non-hydrogen) atoms. The lowest BCUT2D eigenvalue weighted by Crippen LogP contribution is -2.50. The minimum absolute atomic E-state index is 0.408. The summed E-state index contributed by atoms with van der Waals surface area (Å²) in [5, 5.41) is 6.40. The Balaban J connectivity index is 1.46. The Kier molecular flexibility index (Phi) is 5.21. The van der Waals surface area contributed by atoms with E-state index in [1.807, 2.05) is 12.1 Å². The van der Waals surface area contributed by atoms with Gasteiger partial charge >= 0.3 is 0 Å².